The average molecular weight is 354 g/mol. The van der Waals surface area contributed by atoms with Crippen molar-refractivity contribution in [2.45, 2.75) is 62.6 Å². The highest BCUT2D eigenvalue weighted by molar-refractivity contribution is 7.14. The van der Waals surface area contributed by atoms with Gasteiger partial charge in [0.25, 0.3) is 5.91 Å². The van der Waals surface area contributed by atoms with Crippen molar-refractivity contribution in [1.29, 1.82) is 0 Å². The van der Waals surface area contributed by atoms with Crippen LogP contribution in [0.1, 0.15) is 59.0 Å². The van der Waals surface area contributed by atoms with E-state index in [0.29, 0.717) is 12.1 Å². The van der Waals surface area contributed by atoms with Gasteiger partial charge in [-0.05, 0) is 62.6 Å². The van der Waals surface area contributed by atoms with Gasteiger partial charge in [-0.3, -0.25) is 4.79 Å². The van der Waals surface area contributed by atoms with Gasteiger partial charge in [-0.25, -0.2) is 9.97 Å². The first-order valence-corrected chi connectivity index (χ1v) is 10.1. The minimum Gasteiger partial charge on any atom is -0.348 e. The Labute approximate surface area is 151 Å². The van der Waals surface area contributed by atoms with Crippen LogP contribution in [0.5, 0.6) is 0 Å². The van der Waals surface area contributed by atoms with Gasteiger partial charge in [0.2, 0.25) is 5.95 Å². The number of thiophene rings is 1. The Morgan fingerprint density at radius 2 is 1.80 bits per heavy atom. The molecular weight excluding hydrogens is 332 g/mol. The van der Waals surface area contributed by atoms with Crippen LogP contribution >= 0.6 is 11.3 Å². The number of nitrogens with one attached hydrogen (secondary N) is 1. The largest absolute Gasteiger partial charge is 0.348 e. The second kappa shape index (κ2) is 6.09. The first-order chi connectivity index (χ1) is 12.3. The average Bonchev–Trinajstić information content (AvgIpc) is 3.29. The molecule has 3 aliphatic rings. The van der Waals surface area contributed by atoms with Gasteiger partial charge in [0.1, 0.15) is 0 Å². The Bertz CT molecular complexity index is 759. The van der Waals surface area contributed by atoms with Gasteiger partial charge in [-0.15, -0.1) is 11.3 Å². The van der Waals surface area contributed by atoms with E-state index in [-0.39, 0.29) is 11.9 Å². The number of piperidine rings is 1. The Morgan fingerprint density at radius 3 is 2.48 bits per heavy atom. The summed E-state index contributed by atoms with van der Waals surface area (Å²) in [5.74, 6) is 1.66. The van der Waals surface area contributed by atoms with Gasteiger partial charge < -0.3 is 10.2 Å². The summed E-state index contributed by atoms with van der Waals surface area (Å²) in [6.45, 7) is 0. The number of hydrogen-bond acceptors (Lipinski definition) is 5. The van der Waals surface area contributed by atoms with Crippen LogP contribution in [0, 0.1) is 0 Å². The van der Waals surface area contributed by atoms with Crippen LogP contribution in [0.25, 0.3) is 0 Å². The van der Waals surface area contributed by atoms with E-state index in [2.05, 4.69) is 26.3 Å². The van der Waals surface area contributed by atoms with Crippen molar-refractivity contribution in [3.05, 3.63) is 40.3 Å². The lowest BCUT2D eigenvalue weighted by Crippen LogP contribution is -2.51. The van der Waals surface area contributed by atoms with Crippen LogP contribution in [-0.4, -0.2) is 34.0 Å². The van der Waals surface area contributed by atoms with E-state index in [1.54, 1.807) is 11.3 Å². The van der Waals surface area contributed by atoms with E-state index in [1.165, 1.54) is 30.6 Å². The molecule has 1 amide bonds. The second-order valence-corrected chi connectivity index (χ2v) is 8.57. The molecule has 25 heavy (non-hydrogen) atoms. The molecule has 2 aliphatic heterocycles. The van der Waals surface area contributed by atoms with Crippen molar-refractivity contribution in [1.82, 2.24) is 15.3 Å². The third-order valence-corrected chi connectivity index (χ3v) is 6.93. The molecule has 5 rings (SSSR count). The zero-order valence-electron chi connectivity index (χ0n) is 14.1. The van der Waals surface area contributed by atoms with Gasteiger partial charge in [0, 0.05) is 35.4 Å². The summed E-state index contributed by atoms with van der Waals surface area (Å²) in [5, 5.41) is 3.28. The Hall–Kier alpha value is -1.95. The van der Waals surface area contributed by atoms with Gasteiger partial charge in [-0.2, -0.15) is 0 Å². The number of hydrogen-bond donors (Lipinski definition) is 1. The van der Waals surface area contributed by atoms with Gasteiger partial charge in [-0.1, -0.05) is 0 Å². The lowest BCUT2D eigenvalue weighted by atomic mass is 9.97. The molecule has 1 saturated carbocycles. The number of amides is 1. The predicted octanol–water partition coefficient (Wildman–Crippen LogP) is 3.35. The molecule has 3 fully saturated rings. The molecule has 1 unspecified atom stereocenters. The maximum absolute atomic E-state index is 12.6. The van der Waals surface area contributed by atoms with E-state index >= 15 is 0 Å². The summed E-state index contributed by atoms with van der Waals surface area (Å²) in [5.41, 5.74) is 0. The molecule has 0 spiro atoms. The fourth-order valence-corrected chi connectivity index (χ4v) is 5.44. The topological polar surface area (TPSA) is 58.1 Å². The van der Waals surface area contributed by atoms with E-state index in [1.807, 2.05) is 24.5 Å². The monoisotopic (exact) mass is 354 g/mol. The van der Waals surface area contributed by atoms with Crippen LogP contribution < -0.4 is 10.2 Å². The van der Waals surface area contributed by atoms with E-state index in [4.69, 9.17) is 0 Å². The summed E-state index contributed by atoms with van der Waals surface area (Å²) >= 11 is 1.67. The number of fused-ring (bicyclic) bond motifs is 2. The highest BCUT2D eigenvalue weighted by Gasteiger charge is 2.42. The summed E-state index contributed by atoms with van der Waals surface area (Å²) in [6, 6.07) is 7.13. The van der Waals surface area contributed by atoms with Crippen LogP contribution in [-0.2, 0) is 0 Å². The maximum atomic E-state index is 12.6. The normalized spacial score (nSPS) is 28.2. The quantitative estimate of drug-likeness (QED) is 0.915. The van der Waals surface area contributed by atoms with Crippen LogP contribution in [0.3, 0.4) is 0 Å². The molecule has 2 saturated heterocycles. The fourth-order valence-electron chi connectivity index (χ4n) is 4.36. The second-order valence-electron chi connectivity index (χ2n) is 7.46. The first-order valence-electron chi connectivity index (χ1n) is 9.24. The number of aromatic nitrogens is 2. The van der Waals surface area contributed by atoms with E-state index < -0.39 is 0 Å². The SMILES string of the molecule is O=C(NC1C[C@H]2CC[C@@H](C1)N2c1ncccn1)c1ccc(C2CC2)s1. The molecule has 0 radical (unpaired) electrons. The van der Waals surface area contributed by atoms with E-state index in [0.717, 1.165) is 29.6 Å². The number of nitrogens with zero attached hydrogens (tertiary/aromatic N) is 3. The minimum atomic E-state index is 0.103. The van der Waals surface area contributed by atoms with E-state index in [9.17, 15) is 4.79 Å². The number of carbonyl (C=O) groups excluding carboxylic acids is 1. The molecule has 2 aromatic rings. The van der Waals surface area contributed by atoms with Gasteiger partial charge >= 0.3 is 0 Å². The lowest BCUT2D eigenvalue weighted by molar-refractivity contribution is 0.0931. The molecule has 5 nitrogen and oxygen atoms in total. The standard InChI is InChI=1S/C19H22N4OS/c24-18(17-7-6-16(25-17)12-2-3-12)22-13-10-14-4-5-15(11-13)23(14)19-20-8-1-9-21-19/h1,6-9,12-15H,2-5,10-11H2,(H,22,24)/t13?,14-,15+. The summed E-state index contributed by atoms with van der Waals surface area (Å²) in [4.78, 5) is 26.1. The van der Waals surface area contributed by atoms with Gasteiger partial charge in [0.15, 0.2) is 0 Å². The maximum Gasteiger partial charge on any atom is 0.261 e. The Balaban J connectivity index is 1.25. The molecule has 2 bridgehead atoms. The summed E-state index contributed by atoms with van der Waals surface area (Å²) in [6.07, 6.45) is 10.5. The molecule has 6 heteroatoms. The minimum absolute atomic E-state index is 0.103. The lowest BCUT2D eigenvalue weighted by Gasteiger charge is -2.39. The molecular formula is C19H22N4OS. The number of rotatable bonds is 4. The van der Waals surface area contributed by atoms with Crippen molar-refractivity contribution < 1.29 is 4.79 Å². The molecule has 130 valence electrons. The Kier molecular flexibility index (Phi) is 3.73. The van der Waals surface area contributed by atoms with Crippen molar-refractivity contribution in [2.75, 3.05) is 4.90 Å². The zero-order valence-corrected chi connectivity index (χ0v) is 14.9. The van der Waals surface area contributed by atoms with Gasteiger partial charge in [0.05, 0.1) is 4.88 Å². The highest BCUT2D eigenvalue weighted by atomic mass is 32.1. The molecule has 1 aliphatic carbocycles. The zero-order chi connectivity index (χ0) is 16.8. The smallest absolute Gasteiger partial charge is 0.261 e. The summed E-state index contributed by atoms with van der Waals surface area (Å²) in [7, 11) is 0. The first kappa shape index (κ1) is 15.3. The third-order valence-electron chi connectivity index (χ3n) is 5.68. The molecule has 1 N–H and O–H groups in total. The molecule has 3 atom stereocenters. The molecule has 4 heterocycles. The highest BCUT2D eigenvalue weighted by Crippen LogP contribution is 2.43. The third kappa shape index (κ3) is 2.92. The molecule has 0 aromatic carbocycles. The van der Waals surface area contributed by atoms with Crippen molar-refractivity contribution >= 4 is 23.2 Å². The van der Waals surface area contributed by atoms with Crippen molar-refractivity contribution in [3.8, 4) is 0 Å². The predicted molar refractivity (Wildman–Crippen MR) is 98.1 cm³/mol. The van der Waals surface area contributed by atoms with Crippen LogP contribution in [0.4, 0.5) is 5.95 Å². The van der Waals surface area contributed by atoms with Crippen molar-refractivity contribution in [2.24, 2.45) is 0 Å². The van der Waals surface area contributed by atoms with Crippen molar-refractivity contribution in [3.63, 3.8) is 0 Å². The Morgan fingerprint density at radius 1 is 1.08 bits per heavy atom. The molecule has 2 aromatic heterocycles. The number of anilines is 1. The van der Waals surface area contributed by atoms with Crippen LogP contribution in [0.15, 0.2) is 30.6 Å². The fraction of sp³-hybridized carbons (Fsp3) is 0.526. The number of carbonyl (C=O) groups is 1. The van der Waals surface area contributed by atoms with Crippen LogP contribution in [0.2, 0.25) is 0 Å². The summed E-state index contributed by atoms with van der Waals surface area (Å²) < 4.78 is 0.